The maximum Gasteiger partial charge on any atom is 0.265 e. The maximum atomic E-state index is 12.5. The summed E-state index contributed by atoms with van der Waals surface area (Å²) in [7, 11) is 0. The van der Waals surface area contributed by atoms with Crippen LogP contribution in [0.4, 0.5) is 5.69 Å². The average molecular weight is 405 g/mol. The van der Waals surface area contributed by atoms with E-state index in [9.17, 15) is 14.4 Å². The lowest BCUT2D eigenvalue weighted by atomic mass is 9.72. The molecule has 2 aromatic rings. The lowest BCUT2D eigenvalue weighted by molar-refractivity contribution is -0.138. The third kappa shape index (κ3) is 4.33. The van der Waals surface area contributed by atoms with Crippen molar-refractivity contribution in [3.63, 3.8) is 0 Å². The molecule has 1 saturated heterocycles. The molecule has 3 rings (SSSR count). The number of carbonyl (C=O) groups excluding carboxylic acids is 3. The number of nitriles is 1. The molecule has 30 heavy (non-hydrogen) atoms. The van der Waals surface area contributed by atoms with Gasteiger partial charge >= 0.3 is 0 Å². The van der Waals surface area contributed by atoms with Crippen molar-refractivity contribution in [2.24, 2.45) is 0 Å². The molecule has 2 N–H and O–H groups in total. The number of ether oxygens (including phenoxy) is 1. The van der Waals surface area contributed by atoms with Crippen LogP contribution in [0.5, 0.6) is 5.75 Å². The molecule has 0 aromatic heterocycles. The predicted octanol–water partition coefficient (Wildman–Crippen LogP) is 3.05. The number of rotatable bonds is 6. The van der Waals surface area contributed by atoms with Gasteiger partial charge in [-0.15, -0.1) is 0 Å². The van der Waals surface area contributed by atoms with E-state index in [1.54, 1.807) is 55.5 Å². The first kappa shape index (κ1) is 21.1. The van der Waals surface area contributed by atoms with Crippen LogP contribution in [0.15, 0.2) is 48.5 Å². The molecule has 2 unspecified atom stereocenters. The molecule has 3 amide bonds. The molecule has 1 aliphatic heterocycles. The van der Waals surface area contributed by atoms with E-state index in [4.69, 9.17) is 10.00 Å². The van der Waals surface area contributed by atoms with E-state index in [0.29, 0.717) is 36.3 Å². The zero-order chi connectivity index (χ0) is 21.7. The molecule has 154 valence electrons. The van der Waals surface area contributed by atoms with Crippen LogP contribution in [-0.2, 0) is 19.8 Å². The Morgan fingerprint density at radius 3 is 2.43 bits per heavy atom. The SMILES string of the molecule is CCC1(c2ccc(NC(=O)C(C)Oc3ccc(C#N)cc3)cc2)CCC(=O)NC1=O. The number of hydrogen-bond donors (Lipinski definition) is 2. The molecule has 0 radical (unpaired) electrons. The first-order valence-corrected chi connectivity index (χ1v) is 9.80. The number of hydrogen-bond acceptors (Lipinski definition) is 5. The minimum absolute atomic E-state index is 0.246. The highest BCUT2D eigenvalue weighted by atomic mass is 16.5. The van der Waals surface area contributed by atoms with Gasteiger partial charge in [-0.2, -0.15) is 5.26 Å². The van der Waals surface area contributed by atoms with Crippen LogP contribution in [-0.4, -0.2) is 23.8 Å². The van der Waals surface area contributed by atoms with Crippen molar-refractivity contribution in [1.82, 2.24) is 5.32 Å². The monoisotopic (exact) mass is 405 g/mol. The summed E-state index contributed by atoms with van der Waals surface area (Å²) in [5.74, 6) is -0.347. The minimum atomic E-state index is -0.741. The Bertz CT molecular complexity index is 993. The molecule has 2 aromatic carbocycles. The fourth-order valence-corrected chi connectivity index (χ4v) is 3.55. The Morgan fingerprint density at radius 1 is 1.20 bits per heavy atom. The quantitative estimate of drug-likeness (QED) is 0.718. The summed E-state index contributed by atoms with van der Waals surface area (Å²) in [6.07, 6.45) is 0.611. The summed E-state index contributed by atoms with van der Waals surface area (Å²) in [4.78, 5) is 36.4. The highest BCUT2D eigenvalue weighted by molar-refractivity contribution is 6.03. The van der Waals surface area contributed by atoms with E-state index in [-0.39, 0.29) is 17.7 Å². The van der Waals surface area contributed by atoms with Crippen LogP contribution < -0.4 is 15.4 Å². The fourth-order valence-electron chi connectivity index (χ4n) is 3.55. The summed E-state index contributed by atoms with van der Waals surface area (Å²) in [5, 5.41) is 14.1. The Kier molecular flexibility index (Phi) is 6.17. The number of nitrogens with one attached hydrogen (secondary N) is 2. The summed E-state index contributed by atoms with van der Waals surface area (Å²) in [6, 6.07) is 15.6. The fraction of sp³-hybridized carbons (Fsp3) is 0.304. The average Bonchev–Trinajstić information content (AvgIpc) is 2.75. The van der Waals surface area contributed by atoms with E-state index in [0.717, 1.165) is 5.56 Å². The Morgan fingerprint density at radius 2 is 1.87 bits per heavy atom. The molecule has 0 spiro atoms. The van der Waals surface area contributed by atoms with Crippen LogP contribution in [0.1, 0.15) is 44.2 Å². The van der Waals surface area contributed by atoms with Gasteiger partial charge in [0.15, 0.2) is 6.10 Å². The molecule has 7 heteroatoms. The van der Waals surface area contributed by atoms with E-state index in [1.807, 2.05) is 13.0 Å². The Labute approximate surface area is 175 Å². The molecule has 0 aliphatic carbocycles. The van der Waals surface area contributed by atoms with Crippen molar-refractivity contribution in [2.75, 3.05) is 5.32 Å². The standard InChI is InChI=1S/C23H23N3O4/c1-3-23(13-12-20(27)26-22(23)29)17-6-8-18(9-7-17)25-21(28)15(2)30-19-10-4-16(14-24)5-11-19/h4-11,15H,3,12-13H2,1-2H3,(H,25,28)(H,26,27,29). The normalized spacial score (nSPS) is 19.4. The molecule has 1 heterocycles. The molecular formula is C23H23N3O4. The molecule has 2 atom stereocenters. The number of carbonyl (C=O) groups is 3. The molecule has 1 aliphatic rings. The Balaban J connectivity index is 1.65. The first-order valence-electron chi connectivity index (χ1n) is 9.80. The Hall–Kier alpha value is -3.66. The van der Waals surface area contributed by atoms with Gasteiger partial charge in [-0.05, 0) is 61.7 Å². The number of amides is 3. The van der Waals surface area contributed by atoms with Gasteiger partial charge in [-0.25, -0.2) is 0 Å². The van der Waals surface area contributed by atoms with Gasteiger partial charge in [0.2, 0.25) is 11.8 Å². The maximum absolute atomic E-state index is 12.5. The summed E-state index contributed by atoms with van der Waals surface area (Å²) in [6.45, 7) is 3.56. The highest BCUT2D eigenvalue weighted by Gasteiger charge is 2.42. The number of imide groups is 1. The van der Waals surface area contributed by atoms with Gasteiger partial charge < -0.3 is 10.1 Å². The predicted molar refractivity (Wildman–Crippen MR) is 111 cm³/mol. The largest absolute Gasteiger partial charge is 0.481 e. The second kappa shape index (κ2) is 8.78. The van der Waals surface area contributed by atoms with Gasteiger partial charge in [0.25, 0.3) is 5.91 Å². The van der Waals surface area contributed by atoms with Gasteiger partial charge in [0.1, 0.15) is 5.75 Å². The molecule has 7 nitrogen and oxygen atoms in total. The van der Waals surface area contributed by atoms with Crippen molar-refractivity contribution in [3.05, 3.63) is 59.7 Å². The third-order valence-corrected chi connectivity index (χ3v) is 5.44. The topological polar surface area (TPSA) is 108 Å². The second-order valence-electron chi connectivity index (χ2n) is 7.28. The summed E-state index contributed by atoms with van der Waals surface area (Å²) >= 11 is 0. The van der Waals surface area contributed by atoms with Crippen molar-refractivity contribution in [2.45, 2.75) is 44.6 Å². The molecule has 1 fully saturated rings. The van der Waals surface area contributed by atoms with Crippen LogP contribution in [0.25, 0.3) is 0 Å². The van der Waals surface area contributed by atoms with Crippen LogP contribution in [0, 0.1) is 11.3 Å². The number of piperidine rings is 1. The lowest BCUT2D eigenvalue weighted by Gasteiger charge is -2.35. The van der Waals surface area contributed by atoms with Crippen LogP contribution in [0.2, 0.25) is 0 Å². The van der Waals surface area contributed by atoms with Gasteiger partial charge in [-0.3, -0.25) is 19.7 Å². The minimum Gasteiger partial charge on any atom is -0.481 e. The van der Waals surface area contributed by atoms with Crippen molar-refractivity contribution in [1.29, 1.82) is 5.26 Å². The zero-order valence-electron chi connectivity index (χ0n) is 16.9. The van der Waals surface area contributed by atoms with E-state index < -0.39 is 11.5 Å². The number of nitrogens with zero attached hydrogens (tertiary/aromatic N) is 1. The lowest BCUT2D eigenvalue weighted by Crippen LogP contribution is -2.51. The van der Waals surface area contributed by atoms with Gasteiger partial charge in [0, 0.05) is 12.1 Å². The molecular weight excluding hydrogens is 382 g/mol. The summed E-state index contributed by atoms with van der Waals surface area (Å²) < 4.78 is 5.62. The van der Waals surface area contributed by atoms with Gasteiger partial charge in [0.05, 0.1) is 17.0 Å². The molecule has 0 bridgehead atoms. The van der Waals surface area contributed by atoms with E-state index in [2.05, 4.69) is 10.6 Å². The second-order valence-corrected chi connectivity index (χ2v) is 7.28. The smallest absolute Gasteiger partial charge is 0.265 e. The van der Waals surface area contributed by atoms with Gasteiger partial charge in [-0.1, -0.05) is 19.1 Å². The zero-order valence-corrected chi connectivity index (χ0v) is 16.9. The molecule has 0 saturated carbocycles. The first-order chi connectivity index (χ1) is 14.4. The van der Waals surface area contributed by atoms with Crippen LogP contribution in [0.3, 0.4) is 0 Å². The van der Waals surface area contributed by atoms with Crippen LogP contribution >= 0.6 is 0 Å². The van der Waals surface area contributed by atoms with E-state index >= 15 is 0 Å². The van der Waals surface area contributed by atoms with E-state index in [1.165, 1.54) is 0 Å². The highest BCUT2D eigenvalue weighted by Crippen LogP contribution is 2.36. The number of anilines is 1. The van der Waals surface area contributed by atoms with Crippen molar-refractivity contribution >= 4 is 23.4 Å². The summed E-state index contributed by atoms with van der Waals surface area (Å²) in [5.41, 5.74) is 1.18. The number of benzene rings is 2. The van der Waals surface area contributed by atoms with Crippen molar-refractivity contribution < 1.29 is 19.1 Å². The van der Waals surface area contributed by atoms with Crippen molar-refractivity contribution in [3.8, 4) is 11.8 Å². The third-order valence-electron chi connectivity index (χ3n) is 5.44.